The summed E-state index contributed by atoms with van der Waals surface area (Å²) < 4.78 is 10.9. The van der Waals surface area contributed by atoms with E-state index < -0.39 is 0 Å². The molecule has 0 aliphatic rings. The number of hydrogen-bond acceptors (Lipinski definition) is 3. The second-order valence-electron chi connectivity index (χ2n) is 3.87. The largest absolute Gasteiger partial charge is 0.493 e. The molecule has 0 radical (unpaired) electrons. The maximum Gasteiger partial charge on any atom is 0.161 e. The van der Waals surface area contributed by atoms with E-state index >= 15 is 0 Å². The molecule has 1 aromatic carbocycles. The van der Waals surface area contributed by atoms with Gasteiger partial charge in [-0.2, -0.15) is 0 Å². The molecule has 0 amide bonds. The molecule has 0 atom stereocenters. The lowest BCUT2D eigenvalue weighted by Crippen LogP contribution is -2.20. The van der Waals surface area contributed by atoms with Gasteiger partial charge in [-0.1, -0.05) is 25.6 Å². The summed E-state index contributed by atoms with van der Waals surface area (Å²) in [6.45, 7) is 8.42. The molecule has 0 aliphatic carbocycles. The Labute approximate surface area is 103 Å². The third-order valence-corrected chi connectivity index (χ3v) is 2.30. The van der Waals surface area contributed by atoms with Crippen LogP contribution in [0, 0.1) is 0 Å². The fourth-order valence-corrected chi connectivity index (χ4v) is 1.41. The number of benzene rings is 1. The van der Waals surface area contributed by atoms with E-state index in [0.29, 0.717) is 6.61 Å². The predicted octanol–water partition coefficient (Wildman–Crippen LogP) is 2.63. The molecule has 17 heavy (non-hydrogen) atoms. The van der Waals surface area contributed by atoms with Crippen LogP contribution < -0.4 is 14.8 Å². The van der Waals surface area contributed by atoms with E-state index in [0.717, 1.165) is 36.6 Å². The van der Waals surface area contributed by atoms with Crippen LogP contribution in [0.3, 0.4) is 0 Å². The zero-order valence-corrected chi connectivity index (χ0v) is 10.7. The monoisotopic (exact) mass is 235 g/mol. The Morgan fingerprint density at radius 1 is 1.29 bits per heavy atom. The number of hydrogen-bond donors (Lipinski definition) is 1. The highest BCUT2D eigenvalue weighted by Gasteiger charge is 2.03. The van der Waals surface area contributed by atoms with Gasteiger partial charge in [0.25, 0.3) is 0 Å². The molecule has 0 bridgehead atoms. The van der Waals surface area contributed by atoms with Gasteiger partial charge >= 0.3 is 0 Å². The summed E-state index contributed by atoms with van der Waals surface area (Å²) in [6, 6.07) is 7.62. The second kappa shape index (κ2) is 7.74. The molecule has 0 spiro atoms. The SMILES string of the molecule is C=C(CNCCC)COc1ccccc1OC. The fraction of sp³-hybridized carbons (Fsp3) is 0.429. The first-order valence-corrected chi connectivity index (χ1v) is 5.91. The van der Waals surface area contributed by atoms with Gasteiger partial charge in [0.05, 0.1) is 7.11 Å². The zero-order valence-electron chi connectivity index (χ0n) is 10.7. The smallest absolute Gasteiger partial charge is 0.161 e. The van der Waals surface area contributed by atoms with Crippen molar-refractivity contribution >= 4 is 0 Å². The van der Waals surface area contributed by atoms with E-state index in [4.69, 9.17) is 9.47 Å². The lowest BCUT2D eigenvalue weighted by molar-refractivity contribution is 0.317. The van der Waals surface area contributed by atoms with Gasteiger partial charge in [0, 0.05) is 6.54 Å². The third kappa shape index (κ3) is 4.91. The van der Waals surface area contributed by atoms with Crippen molar-refractivity contribution in [2.24, 2.45) is 0 Å². The molecule has 0 aliphatic heterocycles. The summed E-state index contributed by atoms with van der Waals surface area (Å²) in [5.41, 5.74) is 1.03. The van der Waals surface area contributed by atoms with Crippen molar-refractivity contribution in [3.63, 3.8) is 0 Å². The van der Waals surface area contributed by atoms with Crippen molar-refractivity contribution in [3.05, 3.63) is 36.4 Å². The van der Waals surface area contributed by atoms with Crippen LogP contribution in [0.25, 0.3) is 0 Å². The molecule has 0 aromatic heterocycles. The molecule has 3 nitrogen and oxygen atoms in total. The lowest BCUT2D eigenvalue weighted by atomic mass is 10.3. The van der Waals surface area contributed by atoms with Crippen molar-refractivity contribution in [1.82, 2.24) is 5.32 Å². The first-order chi connectivity index (χ1) is 8.27. The van der Waals surface area contributed by atoms with Crippen molar-refractivity contribution in [2.45, 2.75) is 13.3 Å². The van der Waals surface area contributed by atoms with Crippen LogP contribution in [0.5, 0.6) is 11.5 Å². The second-order valence-corrected chi connectivity index (χ2v) is 3.87. The van der Waals surface area contributed by atoms with Crippen LogP contribution in [0.15, 0.2) is 36.4 Å². The first-order valence-electron chi connectivity index (χ1n) is 5.91. The molecule has 1 N–H and O–H groups in total. The number of para-hydroxylation sites is 2. The van der Waals surface area contributed by atoms with Gasteiger partial charge in [-0.3, -0.25) is 0 Å². The Balaban J connectivity index is 2.36. The molecule has 0 fully saturated rings. The standard InChI is InChI=1S/C14H21NO2/c1-4-9-15-10-12(2)11-17-14-8-6-5-7-13(14)16-3/h5-8,15H,2,4,9-11H2,1,3H3. The summed E-state index contributed by atoms with van der Waals surface area (Å²) in [5, 5.41) is 3.29. The van der Waals surface area contributed by atoms with Gasteiger partial charge in [0.15, 0.2) is 11.5 Å². The average molecular weight is 235 g/mol. The Bertz CT molecular complexity index is 350. The summed E-state index contributed by atoms with van der Waals surface area (Å²) >= 11 is 0. The predicted molar refractivity (Wildman–Crippen MR) is 70.8 cm³/mol. The molecule has 0 unspecified atom stereocenters. The number of methoxy groups -OCH3 is 1. The number of ether oxygens (including phenoxy) is 2. The first kappa shape index (κ1) is 13.6. The van der Waals surface area contributed by atoms with Crippen LogP contribution in [0.1, 0.15) is 13.3 Å². The Morgan fingerprint density at radius 2 is 2.00 bits per heavy atom. The minimum absolute atomic E-state index is 0.511. The van der Waals surface area contributed by atoms with E-state index in [9.17, 15) is 0 Å². The molecular formula is C14H21NO2. The van der Waals surface area contributed by atoms with Crippen molar-refractivity contribution < 1.29 is 9.47 Å². The van der Waals surface area contributed by atoms with Crippen molar-refractivity contribution in [3.8, 4) is 11.5 Å². The van der Waals surface area contributed by atoms with E-state index in [1.54, 1.807) is 7.11 Å². The van der Waals surface area contributed by atoms with Crippen LogP contribution in [0.2, 0.25) is 0 Å². The summed E-state index contributed by atoms with van der Waals surface area (Å²) in [6.07, 6.45) is 1.13. The minimum atomic E-state index is 0.511. The third-order valence-electron chi connectivity index (χ3n) is 2.30. The summed E-state index contributed by atoms with van der Waals surface area (Å²) in [4.78, 5) is 0. The highest BCUT2D eigenvalue weighted by Crippen LogP contribution is 2.25. The van der Waals surface area contributed by atoms with E-state index in [1.807, 2.05) is 24.3 Å². The number of nitrogens with one attached hydrogen (secondary N) is 1. The topological polar surface area (TPSA) is 30.5 Å². The molecule has 0 saturated carbocycles. The Kier molecular flexibility index (Phi) is 6.18. The lowest BCUT2D eigenvalue weighted by Gasteiger charge is -2.12. The highest BCUT2D eigenvalue weighted by molar-refractivity contribution is 5.39. The van der Waals surface area contributed by atoms with Gasteiger partial charge in [-0.25, -0.2) is 0 Å². The molecule has 94 valence electrons. The highest BCUT2D eigenvalue weighted by atomic mass is 16.5. The van der Waals surface area contributed by atoms with Gasteiger partial charge < -0.3 is 14.8 Å². The van der Waals surface area contributed by atoms with Crippen LogP contribution in [-0.4, -0.2) is 26.8 Å². The summed E-state index contributed by atoms with van der Waals surface area (Å²) in [5.74, 6) is 1.51. The van der Waals surface area contributed by atoms with E-state index in [2.05, 4.69) is 18.8 Å². The molecule has 1 rings (SSSR count). The van der Waals surface area contributed by atoms with Gasteiger partial charge in [-0.05, 0) is 30.7 Å². The van der Waals surface area contributed by atoms with Crippen molar-refractivity contribution in [1.29, 1.82) is 0 Å². The molecule has 0 heterocycles. The Hall–Kier alpha value is -1.48. The number of rotatable bonds is 8. The summed E-state index contributed by atoms with van der Waals surface area (Å²) in [7, 11) is 1.64. The normalized spacial score (nSPS) is 10.0. The van der Waals surface area contributed by atoms with Crippen LogP contribution in [0.4, 0.5) is 0 Å². The van der Waals surface area contributed by atoms with E-state index in [1.165, 1.54) is 0 Å². The van der Waals surface area contributed by atoms with Crippen molar-refractivity contribution in [2.75, 3.05) is 26.8 Å². The van der Waals surface area contributed by atoms with Crippen LogP contribution >= 0.6 is 0 Å². The maximum atomic E-state index is 5.66. The maximum absolute atomic E-state index is 5.66. The van der Waals surface area contributed by atoms with E-state index in [-0.39, 0.29) is 0 Å². The minimum Gasteiger partial charge on any atom is -0.493 e. The quantitative estimate of drug-likeness (QED) is 0.555. The molecule has 1 aromatic rings. The molecule has 3 heteroatoms. The fourth-order valence-electron chi connectivity index (χ4n) is 1.41. The van der Waals surface area contributed by atoms with Gasteiger partial charge in [0.2, 0.25) is 0 Å². The van der Waals surface area contributed by atoms with Crippen LogP contribution in [-0.2, 0) is 0 Å². The van der Waals surface area contributed by atoms with Gasteiger partial charge in [-0.15, -0.1) is 0 Å². The molecular weight excluding hydrogens is 214 g/mol. The average Bonchev–Trinajstić information content (AvgIpc) is 2.37. The molecule has 0 saturated heterocycles. The zero-order chi connectivity index (χ0) is 12.5. The Morgan fingerprint density at radius 3 is 2.65 bits per heavy atom. The van der Waals surface area contributed by atoms with Gasteiger partial charge in [0.1, 0.15) is 6.61 Å².